The third-order valence-electron chi connectivity index (χ3n) is 3.25. The van der Waals surface area contributed by atoms with Gasteiger partial charge >= 0.3 is 0 Å². The zero-order chi connectivity index (χ0) is 16.2. The fourth-order valence-corrected chi connectivity index (χ4v) is 3.02. The van der Waals surface area contributed by atoms with Gasteiger partial charge in [-0.15, -0.1) is 11.3 Å². The number of carbonyl (C=O) groups is 1. The first kappa shape index (κ1) is 15.1. The summed E-state index contributed by atoms with van der Waals surface area (Å²) in [4.78, 5) is 16.4. The molecule has 0 unspecified atom stereocenters. The number of allylic oxidation sites excluding steroid dienone is 1. The average Bonchev–Trinajstić information content (AvgIpc) is 3.20. The molecule has 0 amide bonds. The van der Waals surface area contributed by atoms with Crippen molar-refractivity contribution in [2.24, 2.45) is 0 Å². The van der Waals surface area contributed by atoms with Crippen molar-refractivity contribution < 1.29 is 14.3 Å². The maximum absolute atomic E-state index is 13.8. The molecule has 0 bridgehead atoms. The van der Waals surface area contributed by atoms with E-state index in [2.05, 4.69) is 15.2 Å². The zero-order valence-corrected chi connectivity index (χ0v) is 12.7. The minimum atomic E-state index is -0.483. The molecule has 116 valence electrons. The lowest BCUT2D eigenvalue weighted by atomic mass is 10.1. The molecule has 0 aliphatic rings. The van der Waals surface area contributed by atoms with Crippen LogP contribution in [-0.4, -0.2) is 26.1 Å². The molecule has 0 aliphatic heterocycles. The Morgan fingerprint density at radius 2 is 2.17 bits per heavy atom. The monoisotopic (exact) mass is 329 g/mol. The Labute approximate surface area is 135 Å². The van der Waals surface area contributed by atoms with Gasteiger partial charge in [0.25, 0.3) is 0 Å². The number of nitrogens with one attached hydrogen (secondary N) is 1. The Kier molecular flexibility index (Phi) is 4.29. The summed E-state index contributed by atoms with van der Waals surface area (Å²) in [6.45, 7) is 0. The fourth-order valence-electron chi connectivity index (χ4n) is 2.11. The molecule has 0 atom stereocenters. The van der Waals surface area contributed by atoms with Gasteiger partial charge in [0.15, 0.2) is 5.82 Å². The predicted molar refractivity (Wildman–Crippen MR) is 84.8 cm³/mol. The summed E-state index contributed by atoms with van der Waals surface area (Å²) >= 11 is 1.39. The van der Waals surface area contributed by atoms with Gasteiger partial charge in [0, 0.05) is 22.9 Å². The Bertz CT molecular complexity index is 856. The van der Waals surface area contributed by atoms with Crippen LogP contribution >= 0.6 is 11.3 Å². The molecule has 0 saturated carbocycles. The number of H-pyrrole nitrogens is 1. The van der Waals surface area contributed by atoms with Gasteiger partial charge in [-0.2, -0.15) is 5.10 Å². The minimum absolute atomic E-state index is 0.0439. The number of benzene rings is 1. The summed E-state index contributed by atoms with van der Waals surface area (Å²) < 4.78 is 13.8. The van der Waals surface area contributed by atoms with Gasteiger partial charge in [-0.1, -0.05) is 18.2 Å². The smallest absolute Gasteiger partial charge is 0.226 e. The Hall–Kier alpha value is -2.80. The molecule has 0 saturated heterocycles. The van der Waals surface area contributed by atoms with Crippen LogP contribution in [0.1, 0.15) is 26.6 Å². The molecule has 2 aromatic heterocycles. The van der Waals surface area contributed by atoms with Gasteiger partial charge in [-0.05, 0) is 23.1 Å². The van der Waals surface area contributed by atoms with E-state index >= 15 is 0 Å². The highest BCUT2D eigenvalue weighted by Gasteiger charge is 2.14. The molecular formula is C16H12FN3O2S. The van der Waals surface area contributed by atoms with Crippen LogP contribution in [0.4, 0.5) is 4.39 Å². The number of halogens is 1. The third kappa shape index (κ3) is 3.35. The van der Waals surface area contributed by atoms with Gasteiger partial charge in [0.05, 0.1) is 0 Å². The maximum atomic E-state index is 13.8. The van der Waals surface area contributed by atoms with E-state index in [-0.39, 0.29) is 17.4 Å². The molecule has 5 nitrogen and oxygen atoms in total. The highest BCUT2D eigenvalue weighted by atomic mass is 32.1. The van der Waals surface area contributed by atoms with Gasteiger partial charge in [0.1, 0.15) is 17.9 Å². The first-order valence-corrected chi connectivity index (χ1v) is 7.63. The zero-order valence-electron chi connectivity index (χ0n) is 11.9. The summed E-state index contributed by atoms with van der Waals surface area (Å²) in [5, 5.41) is 18.0. The van der Waals surface area contributed by atoms with Gasteiger partial charge in [-0.25, -0.2) is 9.37 Å². The molecular weight excluding hydrogens is 317 g/mol. The lowest BCUT2D eigenvalue weighted by Crippen LogP contribution is -2.00. The van der Waals surface area contributed by atoms with E-state index in [9.17, 15) is 14.3 Å². The third-order valence-corrected chi connectivity index (χ3v) is 4.17. The van der Waals surface area contributed by atoms with Crippen LogP contribution in [0.2, 0.25) is 0 Å². The molecule has 2 N–H and O–H groups in total. The van der Waals surface area contributed by atoms with Gasteiger partial charge in [-0.3, -0.25) is 9.89 Å². The maximum Gasteiger partial charge on any atom is 0.226 e. The molecule has 23 heavy (non-hydrogen) atoms. The van der Waals surface area contributed by atoms with Crippen molar-refractivity contribution in [3.8, 4) is 0 Å². The molecule has 2 heterocycles. The lowest BCUT2D eigenvalue weighted by Gasteiger charge is -2.04. The van der Waals surface area contributed by atoms with E-state index in [1.165, 1.54) is 23.7 Å². The summed E-state index contributed by atoms with van der Waals surface area (Å²) in [6, 6.07) is 8.17. The molecule has 0 aliphatic carbocycles. The van der Waals surface area contributed by atoms with E-state index in [1.54, 1.807) is 29.6 Å². The summed E-state index contributed by atoms with van der Waals surface area (Å²) in [6.07, 6.45) is 2.63. The largest absolute Gasteiger partial charge is 0.507 e. The van der Waals surface area contributed by atoms with Crippen molar-refractivity contribution in [2.45, 2.75) is 6.42 Å². The van der Waals surface area contributed by atoms with Crippen molar-refractivity contribution in [1.82, 2.24) is 15.2 Å². The summed E-state index contributed by atoms with van der Waals surface area (Å²) in [5.41, 5.74) is 1.04. The first-order valence-electron chi connectivity index (χ1n) is 6.75. The second kappa shape index (κ2) is 6.53. The van der Waals surface area contributed by atoms with E-state index in [0.717, 1.165) is 11.0 Å². The van der Waals surface area contributed by atoms with E-state index in [1.807, 2.05) is 0 Å². The average molecular weight is 329 g/mol. The molecule has 3 rings (SSSR count). The van der Waals surface area contributed by atoms with Crippen LogP contribution in [0.5, 0.6) is 0 Å². The van der Waals surface area contributed by atoms with Crippen LogP contribution in [-0.2, 0) is 6.42 Å². The molecule has 0 spiro atoms. The fraction of sp³-hybridized carbons (Fsp3) is 0.0625. The van der Waals surface area contributed by atoms with Gasteiger partial charge in [0.2, 0.25) is 5.78 Å². The van der Waals surface area contributed by atoms with Crippen LogP contribution in [0, 0.1) is 5.82 Å². The number of hydrogen-bond acceptors (Lipinski definition) is 5. The SMILES string of the molecule is O=C(C=C(O)c1ccsc1Cc1ccccc1F)c1ncn[nH]1. The van der Waals surface area contributed by atoms with Gasteiger partial charge < -0.3 is 5.11 Å². The van der Waals surface area contributed by atoms with Crippen molar-refractivity contribution in [3.63, 3.8) is 0 Å². The summed E-state index contributed by atoms with van der Waals surface area (Å²) in [7, 11) is 0. The van der Waals surface area contributed by atoms with Crippen molar-refractivity contribution in [1.29, 1.82) is 0 Å². The van der Waals surface area contributed by atoms with E-state index < -0.39 is 5.78 Å². The number of rotatable bonds is 5. The number of aromatic amines is 1. The van der Waals surface area contributed by atoms with E-state index in [0.29, 0.717) is 17.5 Å². The van der Waals surface area contributed by atoms with Crippen molar-refractivity contribution >= 4 is 22.9 Å². The number of aromatic nitrogens is 3. The minimum Gasteiger partial charge on any atom is -0.507 e. The number of thiophene rings is 1. The van der Waals surface area contributed by atoms with Crippen molar-refractivity contribution in [3.05, 3.63) is 75.8 Å². The molecule has 3 aromatic rings. The first-order chi connectivity index (χ1) is 11.1. The normalized spacial score (nSPS) is 11.6. The molecule has 1 aromatic carbocycles. The predicted octanol–water partition coefficient (Wildman–Crippen LogP) is 3.38. The van der Waals surface area contributed by atoms with Crippen LogP contribution < -0.4 is 0 Å². The number of nitrogens with zero attached hydrogens (tertiary/aromatic N) is 2. The topological polar surface area (TPSA) is 78.9 Å². The summed E-state index contributed by atoms with van der Waals surface area (Å²) in [5.74, 6) is -0.919. The van der Waals surface area contributed by atoms with Crippen LogP contribution in [0.15, 0.2) is 48.1 Å². The second-order valence-corrected chi connectivity index (χ2v) is 5.75. The number of aliphatic hydroxyl groups is 1. The van der Waals surface area contributed by atoms with Crippen molar-refractivity contribution in [2.75, 3.05) is 0 Å². The number of ketones is 1. The number of carbonyl (C=O) groups excluding carboxylic acids is 1. The number of hydrogen-bond donors (Lipinski definition) is 2. The second-order valence-electron chi connectivity index (χ2n) is 4.75. The highest BCUT2D eigenvalue weighted by Crippen LogP contribution is 2.26. The quantitative estimate of drug-likeness (QED) is 0.427. The molecule has 0 fully saturated rings. The standard InChI is InChI=1S/C16H12FN3O2S/c17-12-4-2-1-3-10(12)7-15-11(5-6-23-15)13(21)8-14(22)16-18-9-19-20-16/h1-6,8-9,21H,7H2,(H,18,19,20). The molecule has 0 radical (unpaired) electrons. The van der Waals surface area contributed by atoms with E-state index in [4.69, 9.17) is 0 Å². The molecule has 7 heteroatoms. The Morgan fingerprint density at radius 3 is 2.91 bits per heavy atom. The Balaban J connectivity index is 1.86. The highest BCUT2D eigenvalue weighted by molar-refractivity contribution is 7.10. The van der Waals surface area contributed by atoms with Crippen LogP contribution in [0.3, 0.4) is 0 Å². The lowest BCUT2D eigenvalue weighted by molar-refractivity contribution is 0.103. The van der Waals surface area contributed by atoms with Crippen LogP contribution in [0.25, 0.3) is 5.76 Å². The number of aliphatic hydroxyl groups excluding tert-OH is 1. The Morgan fingerprint density at radius 1 is 1.35 bits per heavy atom.